The van der Waals surface area contributed by atoms with Gasteiger partial charge in [0.2, 0.25) is 0 Å². The Kier molecular flexibility index (Phi) is 4.95. The number of ether oxygens (including phenoxy) is 1. The summed E-state index contributed by atoms with van der Waals surface area (Å²) in [4.78, 5) is 25.2. The van der Waals surface area contributed by atoms with Crippen LogP contribution in [0, 0.1) is 17.0 Å². The Labute approximate surface area is 145 Å². The van der Waals surface area contributed by atoms with Crippen molar-refractivity contribution in [2.24, 2.45) is 0 Å². The molecule has 1 N–H and O–H groups in total. The van der Waals surface area contributed by atoms with Crippen molar-refractivity contribution >= 4 is 23.0 Å². The van der Waals surface area contributed by atoms with Crippen molar-refractivity contribution in [1.82, 2.24) is 0 Å². The fourth-order valence-electron chi connectivity index (χ4n) is 2.75. The highest BCUT2D eigenvalue weighted by Crippen LogP contribution is 2.23. The maximum atomic E-state index is 12.4. The van der Waals surface area contributed by atoms with Crippen molar-refractivity contribution in [2.45, 2.75) is 6.92 Å². The summed E-state index contributed by atoms with van der Waals surface area (Å²) in [5.74, 6) is -0.373. The monoisotopic (exact) mass is 341 g/mol. The summed E-state index contributed by atoms with van der Waals surface area (Å²) in [6, 6.07) is 12.0. The molecule has 0 saturated carbocycles. The molecule has 2 aromatic carbocycles. The zero-order valence-electron chi connectivity index (χ0n) is 13.9. The number of benzene rings is 2. The highest BCUT2D eigenvalue weighted by molar-refractivity contribution is 6.04. The van der Waals surface area contributed by atoms with Gasteiger partial charge in [-0.1, -0.05) is 12.1 Å². The second kappa shape index (κ2) is 7.31. The lowest BCUT2D eigenvalue weighted by molar-refractivity contribution is -0.385. The van der Waals surface area contributed by atoms with Gasteiger partial charge in [-0.15, -0.1) is 0 Å². The summed E-state index contributed by atoms with van der Waals surface area (Å²) in [6.45, 7) is 4.63. The summed E-state index contributed by atoms with van der Waals surface area (Å²) in [7, 11) is 0. The van der Waals surface area contributed by atoms with Gasteiger partial charge in [0.1, 0.15) is 0 Å². The summed E-state index contributed by atoms with van der Waals surface area (Å²) in [5.41, 5.74) is 2.38. The molecule has 0 aliphatic carbocycles. The van der Waals surface area contributed by atoms with Gasteiger partial charge in [-0.05, 0) is 31.2 Å². The Bertz CT molecular complexity index is 801. The lowest BCUT2D eigenvalue weighted by Gasteiger charge is -2.29. The minimum Gasteiger partial charge on any atom is -0.378 e. The molecule has 25 heavy (non-hydrogen) atoms. The van der Waals surface area contributed by atoms with Crippen LogP contribution < -0.4 is 10.2 Å². The summed E-state index contributed by atoms with van der Waals surface area (Å²) in [6.07, 6.45) is 0. The van der Waals surface area contributed by atoms with Gasteiger partial charge in [0.15, 0.2) is 0 Å². The molecule has 1 aliphatic heterocycles. The number of nitro groups is 1. The molecule has 7 nitrogen and oxygen atoms in total. The number of nitrogens with zero attached hydrogens (tertiary/aromatic N) is 2. The molecule has 0 aromatic heterocycles. The van der Waals surface area contributed by atoms with Crippen LogP contribution in [0.1, 0.15) is 15.9 Å². The van der Waals surface area contributed by atoms with Crippen molar-refractivity contribution in [1.29, 1.82) is 0 Å². The number of carbonyl (C=O) groups excluding carboxylic acids is 1. The highest BCUT2D eigenvalue weighted by atomic mass is 16.6. The van der Waals surface area contributed by atoms with Crippen molar-refractivity contribution in [3.63, 3.8) is 0 Å². The normalized spacial score (nSPS) is 14.2. The zero-order chi connectivity index (χ0) is 17.8. The third kappa shape index (κ3) is 3.95. The number of nitrogens with one attached hydrogen (secondary N) is 1. The van der Waals surface area contributed by atoms with Crippen LogP contribution in [0.3, 0.4) is 0 Å². The van der Waals surface area contributed by atoms with E-state index >= 15 is 0 Å². The van der Waals surface area contributed by atoms with Crippen LogP contribution in [0.25, 0.3) is 0 Å². The fourth-order valence-corrected chi connectivity index (χ4v) is 2.75. The molecule has 0 bridgehead atoms. The van der Waals surface area contributed by atoms with E-state index in [1.165, 1.54) is 6.07 Å². The van der Waals surface area contributed by atoms with E-state index in [4.69, 9.17) is 4.74 Å². The predicted octanol–water partition coefficient (Wildman–Crippen LogP) is 2.99. The first-order valence-electron chi connectivity index (χ1n) is 8.04. The van der Waals surface area contributed by atoms with Crippen molar-refractivity contribution in [3.05, 3.63) is 63.7 Å². The van der Waals surface area contributed by atoms with E-state index < -0.39 is 4.92 Å². The van der Waals surface area contributed by atoms with E-state index in [0.717, 1.165) is 18.8 Å². The topological polar surface area (TPSA) is 84.7 Å². The Morgan fingerprint density at radius 2 is 1.96 bits per heavy atom. The van der Waals surface area contributed by atoms with E-state index in [1.807, 2.05) is 18.2 Å². The summed E-state index contributed by atoms with van der Waals surface area (Å²) >= 11 is 0. The van der Waals surface area contributed by atoms with Crippen LogP contribution in [0.5, 0.6) is 0 Å². The quantitative estimate of drug-likeness (QED) is 0.682. The number of amides is 1. The van der Waals surface area contributed by atoms with Gasteiger partial charge < -0.3 is 15.0 Å². The number of hydrogen-bond acceptors (Lipinski definition) is 5. The molecule has 1 aliphatic rings. The third-order valence-electron chi connectivity index (χ3n) is 4.15. The smallest absolute Gasteiger partial charge is 0.273 e. The molecule has 3 rings (SSSR count). The van der Waals surface area contributed by atoms with E-state index in [2.05, 4.69) is 10.2 Å². The number of rotatable bonds is 4. The van der Waals surface area contributed by atoms with Gasteiger partial charge in [-0.25, -0.2) is 0 Å². The molecular formula is C18H19N3O4. The first-order valence-corrected chi connectivity index (χ1v) is 8.04. The van der Waals surface area contributed by atoms with Crippen LogP contribution in [0.4, 0.5) is 17.1 Å². The zero-order valence-corrected chi connectivity index (χ0v) is 13.9. The minimum absolute atomic E-state index is 0.0604. The first kappa shape index (κ1) is 16.9. The molecular weight excluding hydrogens is 322 g/mol. The maximum absolute atomic E-state index is 12.4. The Hall–Kier alpha value is -2.93. The lowest BCUT2D eigenvalue weighted by Crippen LogP contribution is -2.36. The summed E-state index contributed by atoms with van der Waals surface area (Å²) < 4.78 is 5.35. The largest absolute Gasteiger partial charge is 0.378 e. The molecule has 1 fully saturated rings. The van der Waals surface area contributed by atoms with Crippen LogP contribution in [0.2, 0.25) is 0 Å². The second-order valence-corrected chi connectivity index (χ2v) is 5.86. The fraction of sp³-hybridized carbons (Fsp3) is 0.278. The second-order valence-electron chi connectivity index (χ2n) is 5.86. The standard InChI is InChI=1S/C18H19N3O4/c1-13-5-6-14(11-17(13)21(23)24)18(22)19-15-3-2-4-16(12-15)20-7-9-25-10-8-20/h2-6,11-12H,7-10H2,1H3,(H,19,22). The minimum atomic E-state index is -0.481. The summed E-state index contributed by atoms with van der Waals surface area (Å²) in [5, 5.41) is 13.8. The molecule has 7 heteroatoms. The van der Waals surface area contributed by atoms with Gasteiger partial charge in [-0.3, -0.25) is 14.9 Å². The molecule has 1 saturated heterocycles. The average Bonchev–Trinajstić information content (AvgIpc) is 2.62. The Morgan fingerprint density at radius 1 is 1.20 bits per heavy atom. The SMILES string of the molecule is Cc1ccc(C(=O)Nc2cccc(N3CCOCC3)c2)cc1[N+](=O)[O-]. The number of hydrogen-bond donors (Lipinski definition) is 1. The molecule has 130 valence electrons. The molecule has 2 aromatic rings. The van der Waals surface area contributed by atoms with Crippen LogP contribution >= 0.6 is 0 Å². The maximum Gasteiger partial charge on any atom is 0.273 e. The van der Waals surface area contributed by atoms with E-state index in [1.54, 1.807) is 25.1 Å². The number of carbonyl (C=O) groups is 1. The molecule has 0 atom stereocenters. The highest BCUT2D eigenvalue weighted by Gasteiger charge is 2.16. The number of anilines is 2. The van der Waals surface area contributed by atoms with E-state index in [-0.39, 0.29) is 17.2 Å². The molecule has 1 heterocycles. The van der Waals surface area contributed by atoms with Crippen molar-refractivity contribution < 1.29 is 14.5 Å². The van der Waals surface area contributed by atoms with Gasteiger partial charge in [0, 0.05) is 41.7 Å². The van der Waals surface area contributed by atoms with Crippen LogP contribution in [-0.2, 0) is 4.74 Å². The van der Waals surface area contributed by atoms with Crippen LogP contribution in [0.15, 0.2) is 42.5 Å². The number of nitro benzene ring substituents is 1. The number of morpholine rings is 1. The van der Waals surface area contributed by atoms with Crippen molar-refractivity contribution in [3.8, 4) is 0 Å². The lowest BCUT2D eigenvalue weighted by atomic mass is 10.1. The van der Waals surface area contributed by atoms with E-state index in [9.17, 15) is 14.9 Å². The van der Waals surface area contributed by atoms with Gasteiger partial charge in [-0.2, -0.15) is 0 Å². The third-order valence-corrected chi connectivity index (χ3v) is 4.15. The first-order chi connectivity index (χ1) is 12.0. The van der Waals surface area contributed by atoms with E-state index in [0.29, 0.717) is 24.5 Å². The Balaban J connectivity index is 1.77. The molecule has 1 amide bonds. The van der Waals surface area contributed by atoms with Gasteiger partial charge >= 0.3 is 0 Å². The predicted molar refractivity (Wildman–Crippen MR) is 95.3 cm³/mol. The van der Waals surface area contributed by atoms with Crippen LogP contribution in [-0.4, -0.2) is 37.1 Å². The molecule has 0 spiro atoms. The molecule has 0 radical (unpaired) electrons. The molecule has 0 unspecified atom stereocenters. The van der Waals surface area contributed by atoms with Gasteiger partial charge in [0.25, 0.3) is 11.6 Å². The van der Waals surface area contributed by atoms with Crippen molar-refractivity contribution in [2.75, 3.05) is 36.5 Å². The van der Waals surface area contributed by atoms with Gasteiger partial charge in [0.05, 0.1) is 18.1 Å². The number of aryl methyl sites for hydroxylation is 1. The average molecular weight is 341 g/mol. The Morgan fingerprint density at radius 3 is 2.68 bits per heavy atom.